The van der Waals surface area contributed by atoms with E-state index >= 15 is 0 Å². The summed E-state index contributed by atoms with van der Waals surface area (Å²) in [6.45, 7) is 5.97. The van der Waals surface area contributed by atoms with Gasteiger partial charge in [-0.1, -0.05) is 6.92 Å². The topological polar surface area (TPSA) is 58.7 Å². The lowest BCUT2D eigenvalue weighted by atomic mass is 9.92. The van der Waals surface area contributed by atoms with Crippen molar-refractivity contribution >= 4 is 0 Å². The Morgan fingerprint density at radius 1 is 1.50 bits per heavy atom. The van der Waals surface area contributed by atoms with Crippen molar-refractivity contribution in [2.45, 2.75) is 44.7 Å². The van der Waals surface area contributed by atoms with Gasteiger partial charge >= 0.3 is 0 Å². The highest BCUT2D eigenvalue weighted by Crippen LogP contribution is 2.13. The highest BCUT2D eigenvalue weighted by atomic mass is 16.5. The first-order valence-corrected chi connectivity index (χ1v) is 6.08. The van der Waals surface area contributed by atoms with Crippen LogP contribution < -0.4 is 5.73 Å². The number of methoxy groups -OCH3 is 1. The van der Waals surface area contributed by atoms with Crippen LogP contribution in [0.3, 0.4) is 0 Å². The Bertz CT molecular complexity index is 172. The summed E-state index contributed by atoms with van der Waals surface area (Å²) in [4.78, 5) is 2.26. The minimum Gasteiger partial charge on any atom is -0.394 e. The second kappa shape index (κ2) is 8.01. The molecule has 0 radical (unpaired) electrons. The van der Waals surface area contributed by atoms with Crippen molar-refractivity contribution in [1.29, 1.82) is 0 Å². The van der Waals surface area contributed by atoms with Crippen LogP contribution in [-0.2, 0) is 4.74 Å². The standard InChI is InChI=1S/C12H28N2O2/c1-5-12(13,10-15)7-6-8-14(3)11(2)9-16-4/h11,15H,5-10,13H2,1-4H3. The summed E-state index contributed by atoms with van der Waals surface area (Å²) >= 11 is 0. The highest BCUT2D eigenvalue weighted by Gasteiger charge is 2.21. The molecule has 16 heavy (non-hydrogen) atoms. The largest absolute Gasteiger partial charge is 0.394 e. The van der Waals surface area contributed by atoms with E-state index in [-0.39, 0.29) is 6.61 Å². The molecule has 0 aliphatic rings. The minimum absolute atomic E-state index is 0.0703. The van der Waals surface area contributed by atoms with E-state index in [1.807, 2.05) is 6.92 Å². The summed E-state index contributed by atoms with van der Waals surface area (Å²) in [7, 11) is 3.81. The van der Waals surface area contributed by atoms with Crippen LogP contribution in [0.5, 0.6) is 0 Å². The van der Waals surface area contributed by atoms with Crippen molar-refractivity contribution in [3.8, 4) is 0 Å². The minimum atomic E-state index is -0.397. The summed E-state index contributed by atoms with van der Waals surface area (Å²) < 4.78 is 5.11. The fourth-order valence-electron chi connectivity index (χ4n) is 1.64. The normalized spacial score (nSPS) is 17.4. The summed E-state index contributed by atoms with van der Waals surface area (Å²) in [6, 6.07) is 0.424. The molecule has 0 aromatic carbocycles. The fraction of sp³-hybridized carbons (Fsp3) is 1.00. The van der Waals surface area contributed by atoms with Gasteiger partial charge in [-0.2, -0.15) is 0 Å². The molecule has 4 heteroatoms. The van der Waals surface area contributed by atoms with Crippen molar-refractivity contribution in [2.75, 3.05) is 33.9 Å². The number of likely N-dealkylation sites (N-methyl/N-ethyl adjacent to an activating group) is 1. The van der Waals surface area contributed by atoms with E-state index < -0.39 is 5.54 Å². The number of hydrogen-bond donors (Lipinski definition) is 2. The van der Waals surface area contributed by atoms with Crippen LogP contribution in [0.1, 0.15) is 33.1 Å². The third kappa shape index (κ3) is 5.80. The summed E-state index contributed by atoms with van der Waals surface area (Å²) in [6.07, 6.45) is 2.69. The lowest BCUT2D eigenvalue weighted by Crippen LogP contribution is -2.44. The van der Waals surface area contributed by atoms with Gasteiger partial charge in [-0.3, -0.25) is 0 Å². The predicted octanol–water partition coefficient (Wildman–Crippen LogP) is 0.833. The molecular formula is C12H28N2O2. The number of aliphatic hydroxyl groups excluding tert-OH is 1. The van der Waals surface area contributed by atoms with Crippen molar-refractivity contribution in [3.05, 3.63) is 0 Å². The molecule has 0 fully saturated rings. The summed E-state index contributed by atoms with van der Waals surface area (Å²) in [5.74, 6) is 0. The maximum Gasteiger partial charge on any atom is 0.0615 e. The van der Waals surface area contributed by atoms with E-state index in [4.69, 9.17) is 10.5 Å². The Hall–Kier alpha value is -0.160. The number of nitrogens with zero attached hydrogens (tertiary/aromatic N) is 1. The van der Waals surface area contributed by atoms with Gasteiger partial charge in [0.15, 0.2) is 0 Å². The molecular weight excluding hydrogens is 204 g/mol. The van der Waals surface area contributed by atoms with E-state index in [9.17, 15) is 5.11 Å². The molecule has 3 N–H and O–H groups in total. The van der Waals surface area contributed by atoms with Crippen molar-refractivity contribution in [3.63, 3.8) is 0 Å². The average Bonchev–Trinajstić information content (AvgIpc) is 2.29. The summed E-state index contributed by atoms with van der Waals surface area (Å²) in [5.41, 5.74) is 5.63. The first kappa shape index (κ1) is 15.8. The smallest absolute Gasteiger partial charge is 0.0615 e. The first-order valence-electron chi connectivity index (χ1n) is 6.08. The molecule has 0 aromatic heterocycles. The molecule has 2 atom stereocenters. The monoisotopic (exact) mass is 232 g/mol. The van der Waals surface area contributed by atoms with Gasteiger partial charge in [0.1, 0.15) is 0 Å². The lowest BCUT2D eigenvalue weighted by Gasteiger charge is -2.28. The van der Waals surface area contributed by atoms with E-state index in [1.165, 1.54) is 0 Å². The predicted molar refractivity (Wildman–Crippen MR) is 67.5 cm³/mol. The zero-order chi connectivity index (χ0) is 12.6. The molecule has 0 spiro atoms. The van der Waals surface area contributed by atoms with E-state index in [1.54, 1.807) is 7.11 Å². The Morgan fingerprint density at radius 3 is 2.56 bits per heavy atom. The summed E-state index contributed by atoms with van der Waals surface area (Å²) in [5, 5.41) is 9.19. The second-order valence-electron chi connectivity index (χ2n) is 4.76. The van der Waals surface area contributed by atoms with Crippen molar-refractivity contribution in [1.82, 2.24) is 4.90 Å². The van der Waals surface area contributed by atoms with Crippen LogP contribution in [0, 0.1) is 0 Å². The van der Waals surface area contributed by atoms with Gasteiger partial charge in [0.25, 0.3) is 0 Å². The van der Waals surface area contributed by atoms with Gasteiger partial charge in [-0.25, -0.2) is 0 Å². The maximum atomic E-state index is 9.19. The molecule has 0 heterocycles. The average molecular weight is 232 g/mol. The number of aliphatic hydroxyl groups is 1. The van der Waals surface area contributed by atoms with Crippen LogP contribution in [0.2, 0.25) is 0 Å². The molecule has 4 nitrogen and oxygen atoms in total. The molecule has 0 aliphatic carbocycles. The lowest BCUT2D eigenvalue weighted by molar-refractivity contribution is 0.110. The molecule has 2 unspecified atom stereocenters. The molecule has 98 valence electrons. The number of rotatable bonds is 9. The Morgan fingerprint density at radius 2 is 2.12 bits per heavy atom. The Balaban J connectivity index is 3.80. The second-order valence-corrected chi connectivity index (χ2v) is 4.76. The van der Waals surface area contributed by atoms with Gasteiger partial charge in [0.2, 0.25) is 0 Å². The third-order valence-electron chi connectivity index (χ3n) is 3.36. The molecule has 0 saturated heterocycles. The highest BCUT2D eigenvalue weighted by molar-refractivity contribution is 4.81. The zero-order valence-electron chi connectivity index (χ0n) is 11.2. The SMILES string of the molecule is CCC(N)(CO)CCCN(C)C(C)COC. The quantitative estimate of drug-likeness (QED) is 0.618. The van der Waals surface area contributed by atoms with E-state index in [0.29, 0.717) is 6.04 Å². The van der Waals surface area contributed by atoms with Crippen molar-refractivity contribution in [2.24, 2.45) is 5.73 Å². The molecule has 0 saturated carbocycles. The molecule has 0 aromatic rings. The van der Waals surface area contributed by atoms with E-state index in [2.05, 4.69) is 18.9 Å². The van der Waals surface area contributed by atoms with Crippen LogP contribution in [0.4, 0.5) is 0 Å². The van der Waals surface area contributed by atoms with Gasteiger partial charge in [0, 0.05) is 18.7 Å². The maximum absolute atomic E-state index is 9.19. The van der Waals surface area contributed by atoms with Gasteiger partial charge < -0.3 is 20.5 Å². The van der Waals surface area contributed by atoms with Crippen LogP contribution >= 0.6 is 0 Å². The van der Waals surface area contributed by atoms with Crippen LogP contribution in [0.15, 0.2) is 0 Å². The molecule has 0 aliphatic heterocycles. The third-order valence-corrected chi connectivity index (χ3v) is 3.36. The van der Waals surface area contributed by atoms with Gasteiger partial charge in [-0.05, 0) is 39.8 Å². The Labute approximate surface area is 99.8 Å². The zero-order valence-corrected chi connectivity index (χ0v) is 11.2. The van der Waals surface area contributed by atoms with Gasteiger partial charge in [0.05, 0.1) is 13.2 Å². The molecule has 0 bridgehead atoms. The van der Waals surface area contributed by atoms with Crippen LogP contribution in [0.25, 0.3) is 0 Å². The van der Waals surface area contributed by atoms with Crippen molar-refractivity contribution < 1.29 is 9.84 Å². The number of hydrogen-bond acceptors (Lipinski definition) is 4. The van der Waals surface area contributed by atoms with Gasteiger partial charge in [-0.15, -0.1) is 0 Å². The molecule has 0 amide bonds. The number of ether oxygens (including phenoxy) is 1. The Kier molecular flexibility index (Phi) is 7.93. The van der Waals surface area contributed by atoms with Crippen LogP contribution in [-0.4, -0.2) is 55.5 Å². The van der Waals surface area contributed by atoms with E-state index in [0.717, 1.165) is 32.4 Å². The molecule has 0 rings (SSSR count). The fourth-order valence-corrected chi connectivity index (χ4v) is 1.64. The number of nitrogens with two attached hydrogens (primary N) is 1. The first-order chi connectivity index (χ1) is 7.49.